The highest BCUT2D eigenvalue weighted by Crippen LogP contribution is 2.42. The Morgan fingerprint density at radius 1 is 1.33 bits per heavy atom. The van der Waals surface area contributed by atoms with E-state index in [9.17, 15) is 23.1 Å². The molecule has 6 nitrogen and oxygen atoms in total. The van der Waals surface area contributed by atoms with E-state index in [1.807, 2.05) is 0 Å². The molecule has 132 valence electrons. The lowest BCUT2D eigenvalue weighted by molar-refractivity contribution is -0.272. The Hall–Kier alpha value is -2.29. The molecule has 0 aliphatic heterocycles. The molecule has 1 unspecified atom stereocenters. The van der Waals surface area contributed by atoms with Gasteiger partial charge in [0.1, 0.15) is 22.9 Å². The van der Waals surface area contributed by atoms with Crippen molar-refractivity contribution in [3.63, 3.8) is 0 Å². The summed E-state index contributed by atoms with van der Waals surface area (Å²) < 4.78 is 49.9. The van der Waals surface area contributed by atoms with Crippen molar-refractivity contribution in [3.8, 4) is 0 Å². The first-order valence-corrected chi connectivity index (χ1v) is 7.19. The summed E-state index contributed by atoms with van der Waals surface area (Å²) in [7, 11) is 0. The Balaban J connectivity index is 2.27. The lowest BCUT2D eigenvalue weighted by Gasteiger charge is -2.27. The van der Waals surface area contributed by atoms with Crippen LogP contribution in [0.1, 0.15) is 36.3 Å². The zero-order valence-electron chi connectivity index (χ0n) is 13.3. The van der Waals surface area contributed by atoms with Crippen LogP contribution in [0.2, 0.25) is 0 Å². The number of nitrogens with zero attached hydrogens (tertiary/aromatic N) is 1. The average molecular weight is 346 g/mol. The maximum absolute atomic E-state index is 13.3. The molecule has 0 fully saturated rings. The lowest BCUT2D eigenvalue weighted by Crippen LogP contribution is -2.44. The third-order valence-corrected chi connectivity index (χ3v) is 3.55. The number of aliphatic hydroxyl groups is 1. The summed E-state index contributed by atoms with van der Waals surface area (Å²) in [5.74, 6) is -1.24. The topological polar surface area (TPSA) is 88.5 Å². The minimum Gasteiger partial charge on any atom is -0.463 e. The zero-order chi connectivity index (χ0) is 18.1. The van der Waals surface area contributed by atoms with Gasteiger partial charge < -0.3 is 19.4 Å². The monoisotopic (exact) mass is 346 g/mol. The van der Waals surface area contributed by atoms with Gasteiger partial charge in [-0.05, 0) is 26.0 Å². The van der Waals surface area contributed by atoms with Crippen molar-refractivity contribution < 1.29 is 32.0 Å². The number of halogens is 3. The van der Waals surface area contributed by atoms with E-state index in [0.29, 0.717) is 17.9 Å². The molecular formula is C15H17F3N2O4. The second kappa shape index (κ2) is 6.31. The van der Waals surface area contributed by atoms with Crippen LogP contribution in [0, 0.1) is 13.8 Å². The number of aryl methyl sites for hydroxylation is 3. The number of aromatic nitrogens is 1. The van der Waals surface area contributed by atoms with Gasteiger partial charge in [-0.2, -0.15) is 13.2 Å². The molecule has 0 bridgehead atoms. The van der Waals surface area contributed by atoms with Crippen molar-refractivity contribution in [2.24, 2.45) is 0 Å². The Labute approximate surface area is 135 Å². The van der Waals surface area contributed by atoms with Crippen LogP contribution in [-0.2, 0) is 16.8 Å². The fourth-order valence-corrected chi connectivity index (χ4v) is 2.22. The van der Waals surface area contributed by atoms with Crippen molar-refractivity contribution in [2.75, 3.05) is 5.32 Å². The average Bonchev–Trinajstić information content (AvgIpc) is 3.05. The number of hydrogen-bond donors (Lipinski definition) is 2. The van der Waals surface area contributed by atoms with Gasteiger partial charge >= 0.3 is 6.18 Å². The second-order valence-corrected chi connectivity index (χ2v) is 5.41. The first-order valence-electron chi connectivity index (χ1n) is 7.19. The molecule has 0 spiro atoms. The molecule has 2 aromatic rings. The minimum atomic E-state index is -5.09. The molecule has 2 N–H and O–H groups in total. The Kier molecular flexibility index (Phi) is 4.75. The van der Waals surface area contributed by atoms with Gasteiger partial charge in [-0.25, -0.2) is 0 Å². The van der Waals surface area contributed by atoms with E-state index in [2.05, 4.69) is 10.5 Å². The third-order valence-electron chi connectivity index (χ3n) is 3.55. The largest absolute Gasteiger partial charge is 0.463 e. The standard InChI is InChI=1S/C15H17F3N2O4/c1-4-10-13(9(3)20-24-10)19-12(21)7-14(22,15(16,17)18)11-6-5-8(2)23-11/h5-6,22H,4,7H2,1-3H3,(H,19,21). The number of carbonyl (C=O) groups is 1. The Bertz CT molecular complexity index is 735. The Morgan fingerprint density at radius 3 is 2.50 bits per heavy atom. The first-order chi connectivity index (χ1) is 11.1. The van der Waals surface area contributed by atoms with Gasteiger partial charge in [0.05, 0.1) is 6.42 Å². The van der Waals surface area contributed by atoms with Crippen molar-refractivity contribution in [3.05, 3.63) is 35.1 Å². The SMILES string of the molecule is CCc1onc(C)c1NC(=O)CC(O)(c1ccc(C)o1)C(F)(F)F. The number of anilines is 1. The second-order valence-electron chi connectivity index (χ2n) is 5.41. The molecule has 0 saturated heterocycles. The van der Waals surface area contributed by atoms with Gasteiger partial charge in [-0.1, -0.05) is 12.1 Å². The van der Waals surface area contributed by atoms with Crippen molar-refractivity contribution in [1.29, 1.82) is 0 Å². The van der Waals surface area contributed by atoms with Gasteiger partial charge in [-0.15, -0.1) is 0 Å². The summed E-state index contributed by atoms with van der Waals surface area (Å²) in [6.07, 6.45) is -5.94. The van der Waals surface area contributed by atoms with Crippen LogP contribution < -0.4 is 5.32 Å². The molecule has 2 aromatic heterocycles. The molecule has 0 aromatic carbocycles. The van der Waals surface area contributed by atoms with E-state index in [0.717, 1.165) is 6.07 Å². The summed E-state index contributed by atoms with van der Waals surface area (Å²) in [5, 5.41) is 16.1. The van der Waals surface area contributed by atoms with E-state index in [-0.39, 0.29) is 11.4 Å². The molecular weight excluding hydrogens is 329 g/mol. The normalized spacial score (nSPS) is 14.5. The molecule has 1 atom stereocenters. The summed E-state index contributed by atoms with van der Waals surface area (Å²) in [5.41, 5.74) is -2.88. The predicted molar refractivity (Wildman–Crippen MR) is 77.3 cm³/mol. The first kappa shape index (κ1) is 18.1. The molecule has 1 amide bonds. The summed E-state index contributed by atoms with van der Waals surface area (Å²) >= 11 is 0. The molecule has 2 heterocycles. The number of alkyl halides is 3. The van der Waals surface area contributed by atoms with Crippen LogP contribution in [0.4, 0.5) is 18.9 Å². The van der Waals surface area contributed by atoms with Crippen molar-refractivity contribution in [2.45, 2.75) is 45.4 Å². The number of nitrogens with one attached hydrogen (secondary N) is 1. The Morgan fingerprint density at radius 2 is 2.00 bits per heavy atom. The van der Waals surface area contributed by atoms with Crippen LogP contribution >= 0.6 is 0 Å². The fraction of sp³-hybridized carbons (Fsp3) is 0.467. The highest BCUT2D eigenvalue weighted by molar-refractivity contribution is 5.92. The van der Waals surface area contributed by atoms with E-state index in [1.165, 1.54) is 13.0 Å². The molecule has 0 radical (unpaired) electrons. The van der Waals surface area contributed by atoms with Gasteiger partial charge in [0.2, 0.25) is 11.5 Å². The van der Waals surface area contributed by atoms with E-state index >= 15 is 0 Å². The highest BCUT2D eigenvalue weighted by atomic mass is 19.4. The van der Waals surface area contributed by atoms with Crippen LogP contribution in [0.25, 0.3) is 0 Å². The molecule has 0 aliphatic carbocycles. The van der Waals surface area contributed by atoms with Crippen LogP contribution in [0.5, 0.6) is 0 Å². The number of rotatable bonds is 5. The van der Waals surface area contributed by atoms with Gasteiger partial charge in [-0.3, -0.25) is 4.79 Å². The number of amides is 1. The fourth-order valence-electron chi connectivity index (χ4n) is 2.22. The number of furan rings is 1. The molecule has 24 heavy (non-hydrogen) atoms. The van der Waals surface area contributed by atoms with Crippen LogP contribution in [0.15, 0.2) is 21.1 Å². The van der Waals surface area contributed by atoms with E-state index in [4.69, 9.17) is 8.94 Å². The van der Waals surface area contributed by atoms with Crippen molar-refractivity contribution >= 4 is 11.6 Å². The minimum absolute atomic E-state index is 0.191. The van der Waals surface area contributed by atoms with E-state index in [1.54, 1.807) is 13.8 Å². The zero-order valence-corrected chi connectivity index (χ0v) is 13.3. The maximum atomic E-state index is 13.3. The van der Waals surface area contributed by atoms with Gasteiger partial charge in [0.15, 0.2) is 5.76 Å². The highest BCUT2D eigenvalue weighted by Gasteiger charge is 2.58. The quantitative estimate of drug-likeness (QED) is 0.868. The van der Waals surface area contributed by atoms with E-state index < -0.39 is 29.9 Å². The predicted octanol–water partition coefficient (Wildman–Crippen LogP) is 3.23. The number of carbonyl (C=O) groups excluding carboxylic acids is 1. The molecule has 2 rings (SSSR count). The molecule has 9 heteroatoms. The summed E-state index contributed by atoms with van der Waals surface area (Å²) in [6.45, 7) is 4.73. The van der Waals surface area contributed by atoms with Gasteiger partial charge in [0.25, 0.3) is 0 Å². The van der Waals surface area contributed by atoms with Crippen molar-refractivity contribution in [1.82, 2.24) is 5.16 Å². The lowest BCUT2D eigenvalue weighted by atomic mass is 9.95. The summed E-state index contributed by atoms with van der Waals surface area (Å²) in [6, 6.07) is 2.28. The smallest absolute Gasteiger partial charge is 0.425 e. The van der Waals surface area contributed by atoms with Crippen LogP contribution in [-0.4, -0.2) is 22.3 Å². The van der Waals surface area contributed by atoms with Gasteiger partial charge in [0, 0.05) is 6.42 Å². The molecule has 0 saturated carbocycles. The molecule has 0 aliphatic rings. The van der Waals surface area contributed by atoms with Crippen LogP contribution in [0.3, 0.4) is 0 Å². The third kappa shape index (κ3) is 3.30. The summed E-state index contributed by atoms with van der Waals surface area (Å²) in [4.78, 5) is 12.1. The number of hydrogen-bond acceptors (Lipinski definition) is 5. The maximum Gasteiger partial charge on any atom is 0.425 e.